The minimum atomic E-state index is 0.115. The Morgan fingerprint density at radius 3 is 2.86 bits per heavy atom. The number of aromatic nitrogens is 4. The highest BCUT2D eigenvalue weighted by Gasteiger charge is 2.18. The van der Waals surface area contributed by atoms with E-state index in [1.54, 1.807) is 24.7 Å². The Labute approximate surface area is 129 Å². The molecule has 1 atom stereocenters. The molecule has 6 nitrogen and oxygen atoms in total. The third-order valence-corrected chi connectivity index (χ3v) is 3.77. The van der Waals surface area contributed by atoms with Gasteiger partial charge in [-0.25, -0.2) is 15.0 Å². The van der Waals surface area contributed by atoms with Gasteiger partial charge in [0, 0.05) is 43.8 Å². The minimum Gasteiger partial charge on any atom is -0.354 e. The molecule has 114 valence electrons. The van der Waals surface area contributed by atoms with Gasteiger partial charge in [-0.05, 0) is 25.3 Å². The Bertz CT molecular complexity index is 650. The van der Waals surface area contributed by atoms with E-state index in [-0.39, 0.29) is 11.8 Å². The molecule has 1 aliphatic rings. The fourth-order valence-electron chi connectivity index (χ4n) is 2.59. The van der Waals surface area contributed by atoms with Gasteiger partial charge in [0.15, 0.2) is 11.6 Å². The maximum Gasteiger partial charge on any atom is 0.223 e. The molecule has 0 aromatic carbocycles. The van der Waals surface area contributed by atoms with Crippen LogP contribution in [0.25, 0.3) is 11.6 Å². The maximum atomic E-state index is 12.1. The molecule has 1 amide bonds. The van der Waals surface area contributed by atoms with Crippen LogP contribution in [0.4, 0.5) is 0 Å². The summed E-state index contributed by atoms with van der Waals surface area (Å²) in [4.78, 5) is 24.8. The third kappa shape index (κ3) is 3.39. The number of amides is 1. The molecule has 1 aliphatic carbocycles. The largest absolute Gasteiger partial charge is 0.354 e. The molecule has 0 bridgehead atoms. The second-order valence-corrected chi connectivity index (χ2v) is 5.29. The van der Waals surface area contributed by atoms with E-state index in [0.29, 0.717) is 18.9 Å². The molecule has 1 unspecified atom stereocenters. The van der Waals surface area contributed by atoms with E-state index in [1.165, 1.54) is 0 Å². The second-order valence-electron chi connectivity index (χ2n) is 5.29. The van der Waals surface area contributed by atoms with Crippen molar-refractivity contribution in [2.75, 3.05) is 6.54 Å². The van der Waals surface area contributed by atoms with Crippen LogP contribution in [0.2, 0.25) is 0 Å². The first kappa shape index (κ1) is 14.4. The average Bonchev–Trinajstić information content (AvgIpc) is 3.05. The highest BCUT2D eigenvalue weighted by molar-refractivity contribution is 5.78. The van der Waals surface area contributed by atoms with Crippen molar-refractivity contribution in [2.45, 2.75) is 25.8 Å². The van der Waals surface area contributed by atoms with Gasteiger partial charge < -0.3 is 9.88 Å². The summed E-state index contributed by atoms with van der Waals surface area (Å²) < 4.78 is 1.95. The zero-order valence-electron chi connectivity index (χ0n) is 12.4. The molecule has 0 spiro atoms. The highest BCUT2D eigenvalue weighted by Crippen LogP contribution is 2.18. The van der Waals surface area contributed by atoms with Crippen LogP contribution >= 0.6 is 0 Å². The van der Waals surface area contributed by atoms with Crippen LogP contribution in [-0.4, -0.2) is 32.0 Å². The van der Waals surface area contributed by atoms with Gasteiger partial charge in [-0.15, -0.1) is 0 Å². The molecule has 0 saturated heterocycles. The molecule has 6 heteroatoms. The molecular formula is C16H19N5O. The molecule has 0 radical (unpaired) electrons. The number of carbonyl (C=O) groups is 1. The lowest BCUT2D eigenvalue weighted by molar-refractivity contribution is -0.125. The van der Waals surface area contributed by atoms with Crippen LogP contribution in [0.15, 0.2) is 43.0 Å². The minimum absolute atomic E-state index is 0.115. The average molecular weight is 297 g/mol. The van der Waals surface area contributed by atoms with Gasteiger partial charge in [-0.1, -0.05) is 12.2 Å². The lowest BCUT2D eigenvalue weighted by Crippen LogP contribution is -2.33. The Morgan fingerprint density at radius 2 is 2.09 bits per heavy atom. The Balaban J connectivity index is 1.55. The molecule has 0 aliphatic heterocycles. The van der Waals surface area contributed by atoms with E-state index in [9.17, 15) is 4.79 Å². The van der Waals surface area contributed by atoms with Crippen LogP contribution in [0.1, 0.15) is 19.3 Å². The monoisotopic (exact) mass is 297 g/mol. The zero-order chi connectivity index (χ0) is 15.2. The predicted molar refractivity (Wildman–Crippen MR) is 82.7 cm³/mol. The number of imidazole rings is 1. The van der Waals surface area contributed by atoms with E-state index < -0.39 is 0 Å². The first-order valence-electron chi connectivity index (χ1n) is 7.56. The molecule has 3 rings (SSSR count). The van der Waals surface area contributed by atoms with Gasteiger partial charge >= 0.3 is 0 Å². The highest BCUT2D eigenvalue weighted by atomic mass is 16.1. The van der Waals surface area contributed by atoms with Gasteiger partial charge in [0.1, 0.15) is 0 Å². The van der Waals surface area contributed by atoms with Crippen molar-refractivity contribution < 1.29 is 4.79 Å². The fraction of sp³-hybridized carbons (Fsp3) is 0.375. The number of hydrogen-bond donors (Lipinski definition) is 1. The van der Waals surface area contributed by atoms with Crippen LogP contribution < -0.4 is 5.32 Å². The number of rotatable bonds is 5. The lowest BCUT2D eigenvalue weighted by Gasteiger charge is -2.17. The van der Waals surface area contributed by atoms with Crippen molar-refractivity contribution in [3.63, 3.8) is 0 Å². The first-order valence-corrected chi connectivity index (χ1v) is 7.56. The summed E-state index contributed by atoms with van der Waals surface area (Å²) in [5.41, 5.74) is 0. The van der Waals surface area contributed by atoms with Crippen molar-refractivity contribution in [3.05, 3.63) is 43.0 Å². The fourth-order valence-corrected chi connectivity index (χ4v) is 2.59. The Hall–Kier alpha value is -2.50. The summed E-state index contributed by atoms with van der Waals surface area (Å²) in [6.45, 7) is 1.23. The molecule has 0 saturated carbocycles. The summed E-state index contributed by atoms with van der Waals surface area (Å²) in [5.74, 6) is 1.57. The first-order chi connectivity index (χ1) is 10.8. The molecule has 2 heterocycles. The van der Waals surface area contributed by atoms with Gasteiger partial charge in [0.25, 0.3) is 0 Å². The molecule has 0 fully saturated rings. The van der Waals surface area contributed by atoms with Gasteiger partial charge in [-0.3, -0.25) is 4.79 Å². The van der Waals surface area contributed by atoms with Crippen LogP contribution in [0, 0.1) is 5.92 Å². The van der Waals surface area contributed by atoms with E-state index in [0.717, 1.165) is 25.1 Å². The van der Waals surface area contributed by atoms with E-state index in [4.69, 9.17) is 0 Å². The third-order valence-electron chi connectivity index (χ3n) is 3.77. The Kier molecular flexibility index (Phi) is 4.58. The standard InChI is InChI=1S/C16H19N5O/c22-16(13-5-2-1-3-6-13)20-10-12-21-11-9-19-15(21)14-17-7-4-8-18-14/h1-2,4,7-9,11,13H,3,5-6,10,12H2,(H,20,22). The van der Waals surface area contributed by atoms with E-state index in [1.807, 2.05) is 10.8 Å². The SMILES string of the molecule is O=C(NCCn1ccnc1-c1ncccn1)C1CC=CCC1. The topological polar surface area (TPSA) is 72.7 Å². The van der Waals surface area contributed by atoms with Crippen molar-refractivity contribution in [1.82, 2.24) is 24.8 Å². The smallest absolute Gasteiger partial charge is 0.223 e. The summed E-state index contributed by atoms with van der Waals surface area (Å²) in [6, 6.07) is 1.77. The second kappa shape index (κ2) is 6.98. The lowest BCUT2D eigenvalue weighted by atomic mass is 9.94. The summed E-state index contributed by atoms with van der Waals surface area (Å²) in [7, 11) is 0. The van der Waals surface area contributed by atoms with E-state index in [2.05, 4.69) is 32.4 Å². The Morgan fingerprint density at radius 1 is 1.23 bits per heavy atom. The number of allylic oxidation sites excluding steroid dienone is 2. The van der Waals surface area contributed by atoms with Crippen LogP contribution in [0.5, 0.6) is 0 Å². The number of hydrogen-bond acceptors (Lipinski definition) is 4. The van der Waals surface area contributed by atoms with E-state index >= 15 is 0 Å². The van der Waals surface area contributed by atoms with Gasteiger partial charge in [0.05, 0.1) is 0 Å². The zero-order valence-corrected chi connectivity index (χ0v) is 12.4. The van der Waals surface area contributed by atoms with Crippen molar-refractivity contribution >= 4 is 5.91 Å². The predicted octanol–water partition coefficient (Wildman–Crippen LogP) is 1.81. The number of nitrogens with one attached hydrogen (secondary N) is 1. The molecule has 2 aromatic heterocycles. The quantitative estimate of drug-likeness (QED) is 0.854. The summed E-state index contributed by atoms with van der Waals surface area (Å²) in [5, 5.41) is 3.01. The maximum absolute atomic E-state index is 12.1. The van der Waals surface area contributed by atoms with Crippen LogP contribution in [-0.2, 0) is 11.3 Å². The summed E-state index contributed by atoms with van der Waals surface area (Å²) >= 11 is 0. The number of nitrogens with zero attached hydrogens (tertiary/aromatic N) is 4. The molecular weight excluding hydrogens is 278 g/mol. The van der Waals surface area contributed by atoms with Crippen molar-refractivity contribution in [2.24, 2.45) is 5.92 Å². The van der Waals surface area contributed by atoms with Crippen molar-refractivity contribution in [1.29, 1.82) is 0 Å². The molecule has 22 heavy (non-hydrogen) atoms. The molecule has 1 N–H and O–H groups in total. The molecule has 2 aromatic rings. The normalized spacial score (nSPS) is 17.4. The van der Waals surface area contributed by atoms with Gasteiger partial charge in [-0.2, -0.15) is 0 Å². The van der Waals surface area contributed by atoms with Crippen molar-refractivity contribution in [3.8, 4) is 11.6 Å². The van der Waals surface area contributed by atoms with Crippen LogP contribution in [0.3, 0.4) is 0 Å². The summed E-state index contributed by atoms with van der Waals surface area (Å²) in [6.07, 6.45) is 14.0. The number of carbonyl (C=O) groups excluding carboxylic acids is 1. The van der Waals surface area contributed by atoms with Gasteiger partial charge in [0.2, 0.25) is 5.91 Å².